The molecule has 0 saturated carbocycles. The molecule has 2 aromatic carbocycles. The number of hydrogen-bond donors (Lipinski definition) is 0. The van der Waals surface area contributed by atoms with Gasteiger partial charge in [0.15, 0.2) is 11.5 Å². The summed E-state index contributed by atoms with van der Waals surface area (Å²) in [6.45, 7) is 0. The first-order valence-electron chi connectivity index (χ1n) is 8.60. The molecule has 0 aliphatic rings. The molecule has 5 nitrogen and oxygen atoms in total. The monoisotopic (exact) mass is 416 g/mol. The first-order chi connectivity index (χ1) is 13.9. The van der Waals surface area contributed by atoms with Crippen LogP contribution in [0.15, 0.2) is 65.7 Å². The Bertz CT molecular complexity index is 1130. The van der Waals surface area contributed by atoms with E-state index in [1.807, 2.05) is 36.4 Å². The average Bonchev–Trinajstić information content (AvgIpc) is 3.15. The molecule has 0 atom stereocenters. The number of ether oxygens (including phenoxy) is 1. The van der Waals surface area contributed by atoms with Crippen LogP contribution in [-0.4, -0.2) is 26.9 Å². The third-order valence-corrected chi connectivity index (χ3v) is 5.25. The first-order valence-corrected chi connectivity index (χ1v) is 9.58. The van der Waals surface area contributed by atoms with Gasteiger partial charge in [-0.25, -0.2) is 0 Å². The molecule has 9 heteroatoms. The zero-order chi connectivity index (χ0) is 20.4. The van der Waals surface area contributed by atoms with Crippen LogP contribution >= 0.6 is 11.8 Å². The van der Waals surface area contributed by atoms with Gasteiger partial charge in [-0.1, -0.05) is 23.9 Å². The molecule has 4 rings (SSSR count). The summed E-state index contributed by atoms with van der Waals surface area (Å²) < 4.78 is 44.8. The van der Waals surface area contributed by atoms with Crippen LogP contribution in [0.1, 0.15) is 11.1 Å². The van der Waals surface area contributed by atoms with Gasteiger partial charge in [0.25, 0.3) is 0 Å². The first kappa shape index (κ1) is 19.3. The second-order valence-electron chi connectivity index (χ2n) is 6.18. The van der Waals surface area contributed by atoms with Crippen molar-refractivity contribution in [1.29, 1.82) is 0 Å². The van der Waals surface area contributed by atoms with Crippen LogP contribution < -0.4 is 4.74 Å². The Morgan fingerprint density at radius 1 is 0.931 bits per heavy atom. The van der Waals surface area contributed by atoms with Crippen LogP contribution in [0.4, 0.5) is 13.2 Å². The van der Waals surface area contributed by atoms with Crippen molar-refractivity contribution >= 4 is 17.4 Å². The predicted octanol–water partition coefficient (Wildman–Crippen LogP) is 5.11. The molecule has 0 unspecified atom stereocenters. The molecule has 0 aliphatic heterocycles. The molecule has 0 fully saturated rings. The molecule has 148 valence electrons. The Balaban J connectivity index is 1.54. The largest absolute Gasteiger partial charge is 0.497 e. The van der Waals surface area contributed by atoms with E-state index in [1.165, 1.54) is 23.9 Å². The van der Waals surface area contributed by atoms with Gasteiger partial charge in [0.1, 0.15) is 10.8 Å². The zero-order valence-electron chi connectivity index (χ0n) is 15.2. The standard InChI is InChI=1S/C20H15F3N4OS/c1-28-16-8-4-14(5-9-16)19-25-24-17-10-11-18(26-27(17)19)29-12-13-2-6-15(7-3-13)20(21,22)23/h2-11H,12H2,1H3. The maximum Gasteiger partial charge on any atom is 0.416 e. The van der Waals surface area contributed by atoms with E-state index in [0.717, 1.165) is 29.0 Å². The van der Waals surface area contributed by atoms with E-state index < -0.39 is 11.7 Å². The van der Waals surface area contributed by atoms with Gasteiger partial charge in [0.2, 0.25) is 0 Å². The molecule has 29 heavy (non-hydrogen) atoms. The maximum absolute atomic E-state index is 12.7. The molecule has 0 aliphatic carbocycles. The highest BCUT2D eigenvalue weighted by Crippen LogP contribution is 2.30. The Kier molecular flexibility index (Phi) is 5.14. The fourth-order valence-electron chi connectivity index (χ4n) is 2.72. The van der Waals surface area contributed by atoms with Crippen molar-refractivity contribution in [2.24, 2.45) is 0 Å². The fraction of sp³-hybridized carbons (Fsp3) is 0.150. The third kappa shape index (κ3) is 4.19. The van der Waals surface area contributed by atoms with E-state index in [1.54, 1.807) is 11.6 Å². The summed E-state index contributed by atoms with van der Waals surface area (Å²) >= 11 is 1.43. The second-order valence-corrected chi connectivity index (χ2v) is 7.17. The van der Waals surface area contributed by atoms with E-state index in [0.29, 0.717) is 22.3 Å². The maximum atomic E-state index is 12.7. The van der Waals surface area contributed by atoms with Crippen LogP contribution in [-0.2, 0) is 11.9 Å². The van der Waals surface area contributed by atoms with Crippen LogP contribution in [0.3, 0.4) is 0 Å². The lowest BCUT2D eigenvalue weighted by atomic mass is 10.1. The van der Waals surface area contributed by atoms with Gasteiger partial charge in [0, 0.05) is 11.3 Å². The normalized spacial score (nSPS) is 11.7. The van der Waals surface area contributed by atoms with Crippen molar-refractivity contribution in [3.63, 3.8) is 0 Å². The minimum Gasteiger partial charge on any atom is -0.497 e. The van der Waals surface area contributed by atoms with E-state index in [-0.39, 0.29) is 0 Å². The van der Waals surface area contributed by atoms with E-state index in [2.05, 4.69) is 15.3 Å². The molecular weight excluding hydrogens is 401 g/mol. The number of methoxy groups -OCH3 is 1. The predicted molar refractivity (Wildman–Crippen MR) is 104 cm³/mol. The van der Waals surface area contributed by atoms with Crippen molar-refractivity contribution in [2.45, 2.75) is 17.0 Å². The van der Waals surface area contributed by atoms with Crippen LogP contribution in [0, 0.1) is 0 Å². The second kappa shape index (κ2) is 7.75. The molecule has 4 aromatic rings. The number of nitrogens with zero attached hydrogens (tertiary/aromatic N) is 4. The minimum atomic E-state index is -4.33. The fourth-order valence-corrected chi connectivity index (χ4v) is 3.53. The van der Waals surface area contributed by atoms with E-state index in [4.69, 9.17) is 4.74 Å². The van der Waals surface area contributed by atoms with Gasteiger partial charge in [-0.15, -0.1) is 10.2 Å². The van der Waals surface area contributed by atoms with Gasteiger partial charge in [0.05, 0.1) is 12.7 Å². The van der Waals surface area contributed by atoms with Gasteiger partial charge in [-0.2, -0.15) is 22.8 Å². The summed E-state index contributed by atoms with van der Waals surface area (Å²) in [4.78, 5) is 0. The van der Waals surface area contributed by atoms with Gasteiger partial charge in [-0.05, 0) is 54.1 Å². The summed E-state index contributed by atoms with van der Waals surface area (Å²) in [6.07, 6.45) is -4.33. The highest BCUT2D eigenvalue weighted by molar-refractivity contribution is 7.98. The lowest BCUT2D eigenvalue weighted by Crippen LogP contribution is -2.04. The number of benzene rings is 2. The van der Waals surface area contributed by atoms with Crippen LogP contribution in [0.2, 0.25) is 0 Å². The highest BCUT2D eigenvalue weighted by atomic mass is 32.2. The molecule has 0 N–H and O–H groups in total. The van der Waals surface area contributed by atoms with Crippen molar-refractivity contribution in [3.05, 3.63) is 71.8 Å². The lowest BCUT2D eigenvalue weighted by molar-refractivity contribution is -0.137. The smallest absolute Gasteiger partial charge is 0.416 e. The summed E-state index contributed by atoms with van der Waals surface area (Å²) in [5.74, 6) is 1.83. The van der Waals surface area contributed by atoms with Gasteiger partial charge >= 0.3 is 6.18 Å². The topological polar surface area (TPSA) is 52.3 Å². The molecule has 0 radical (unpaired) electrons. The third-order valence-electron chi connectivity index (χ3n) is 4.25. The molecule has 0 bridgehead atoms. The molecule has 2 heterocycles. The number of thioether (sulfide) groups is 1. The Labute approximate surface area is 168 Å². The molecule has 2 aromatic heterocycles. The molecule has 0 spiro atoms. The molecular formula is C20H15F3N4OS. The van der Waals surface area contributed by atoms with Gasteiger partial charge in [-0.3, -0.25) is 0 Å². The number of alkyl halides is 3. The average molecular weight is 416 g/mol. The Morgan fingerprint density at radius 3 is 2.31 bits per heavy atom. The number of fused-ring (bicyclic) bond motifs is 1. The van der Waals surface area contributed by atoms with Crippen molar-refractivity contribution in [3.8, 4) is 17.1 Å². The number of rotatable bonds is 5. The number of aromatic nitrogens is 4. The number of halogens is 3. The van der Waals surface area contributed by atoms with Crippen LogP contribution in [0.5, 0.6) is 5.75 Å². The SMILES string of the molecule is COc1ccc(-c2nnc3ccc(SCc4ccc(C(F)(F)F)cc4)nn23)cc1. The zero-order valence-corrected chi connectivity index (χ0v) is 16.0. The van der Waals surface area contributed by atoms with E-state index in [9.17, 15) is 13.2 Å². The Hall–Kier alpha value is -3.07. The summed E-state index contributed by atoms with van der Waals surface area (Å²) in [5.41, 5.74) is 1.58. The summed E-state index contributed by atoms with van der Waals surface area (Å²) in [7, 11) is 1.60. The molecule has 0 amide bonds. The van der Waals surface area contributed by atoms with Crippen molar-refractivity contribution in [1.82, 2.24) is 19.8 Å². The van der Waals surface area contributed by atoms with Crippen LogP contribution in [0.25, 0.3) is 17.0 Å². The summed E-state index contributed by atoms with van der Waals surface area (Å²) in [5, 5.41) is 13.6. The van der Waals surface area contributed by atoms with Crippen molar-refractivity contribution in [2.75, 3.05) is 7.11 Å². The Morgan fingerprint density at radius 2 is 1.66 bits per heavy atom. The minimum absolute atomic E-state index is 0.497. The van der Waals surface area contributed by atoms with Gasteiger partial charge < -0.3 is 4.74 Å². The highest BCUT2D eigenvalue weighted by Gasteiger charge is 2.29. The summed E-state index contributed by atoms with van der Waals surface area (Å²) in [6, 6.07) is 16.2. The van der Waals surface area contributed by atoms with Crippen molar-refractivity contribution < 1.29 is 17.9 Å². The number of hydrogen-bond acceptors (Lipinski definition) is 5. The lowest BCUT2D eigenvalue weighted by Gasteiger charge is -2.07. The quantitative estimate of drug-likeness (QED) is 0.423. The van der Waals surface area contributed by atoms with E-state index >= 15 is 0 Å². The molecule has 0 saturated heterocycles.